The van der Waals surface area contributed by atoms with Crippen LogP contribution in [0.15, 0.2) is 84.9 Å². The molecule has 0 aromatic heterocycles. The van der Waals surface area contributed by atoms with Gasteiger partial charge in [-0.15, -0.1) is 0 Å². The third-order valence-electron chi connectivity index (χ3n) is 7.06. The number of aliphatic hydroxyl groups is 1. The molecule has 0 bridgehead atoms. The molecular formula is C31H35NO6Se. The van der Waals surface area contributed by atoms with Crippen LogP contribution in [0.3, 0.4) is 0 Å². The maximum absolute atomic E-state index is 13.6. The first kappa shape index (κ1) is 28.8. The van der Waals surface area contributed by atoms with Crippen molar-refractivity contribution in [1.29, 1.82) is 0 Å². The number of rotatable bonds is 12. The minimum atomic E-state index is -1.14. The van der Waals surface area contributed by atoms with Crippen molar-refractivity contribution in [2.45, 2.75) is 49.4 Å². The molecule has 1 N–H and O–H groups in total. The molecule has 0 aliphatic carbocycles. The third-order valence-corrected chi connectivity index (χ3v) is 8.13. The van der Waals surface area contributed by atoms with Gasteiger partial charge in [-0.3, -0.25) is 0 Å². The fourth-order valence-corrected chi connectivity index (χ4v) is 5.51. The topological polar surface area (TPSA) is 85.3 Å². The van der Waals surface area contributed by atoms with Crippen molar-refractivity contribution in [2.75, 3.05) is 13.7 Å². The number of carbonyl (C=O) groups is 2. The predicted octanol–water partition coefficient (Wildman–Crippen LogP) is 4.20. The summed E-state index contributed by atoms with van der Waals surface area (Å²) in [5.74, 6) is -0.608. The summed E-state index contributed by atoms with van der Waals surface area (Å²) >= 11 is 2.63. The molecule has 0 saturated carbocycles. The van der Waals surface area contributed by atoms with Gasteiger partial charge in [0, 0.05) is 0 Å². The average molecular weight is 597 g/mol. The number of cyclic esters (lactones) is 1. The Balaban J connectivity index is 1.49. The van der Waals surface area contributed by atoms with Crippen molar-refractivity contribution < 1.29 is 28.9 Å². The Bertz CT molecular complexity index is 1210. The quantitative estimate of drug-likeness (QED) is 0.316. The standard InChI is InChI=1S/C31H35NO6Se/c1-21(30(34)32-25(20-38-31(32)35)17-22-9-5-3-6-10-22)29(33)27(18-28(39)24-11-7-4-8-12-24)37-19-23-13-15-26(36-2)16-14-23/h3-16,21,25,27-29,33,39H,17-20H2,1-2H3/t21-,25+,27+,28?,29-/m0/s1. The Kier molecular flexibility index (Phi) is 10.2. The van der Waals surface area contributed by atoms with Crippen LogP contribution in [0.1, 0.15) is 34.9 Å². The Morgan fingerprint density at radius 1 is 1.03 bits per heavy atom. The van der Waals surface area contributed by atoms with Gasteiger partial charge < -0.3 is 0 Å². The molecule has 3 aromatic rings. The number of amides is 2. The number of methoxy groups -OCH3 is 1. The summed E-state index contributed by atoms with van der Waals surface area (Å²) in [5.41, 5.74) is 3.01. The van der Waals surface area contributed by atoms with Crippen LogP contribution in [0, 0.1) is 5.92 Å². The number of nitrogens with zero attached hydrogens (tertiary/aromatic N) is 1. The predicted molar refractivity (Wildman–Crippen MR) is 150 cm³/mol. The molecule has 1 unspecified atom stereocenters. The molecule has 4 rings (SSSR count). The molecule has 39 heavy (non-hydrogen) atoms. The van der Waals surface area contributed by atoms with Crippen molar-refractivity contribution in [2.24, 2.45) is 5.92 Å². The van der Waals surface area contributed by atoms with Gasteiger partial charge in [0.05, 0.1) is 0 Å². The summed E-state index contributed by atoms with van der Waals surface area (Å²) in [6, 6.07) is 26.7. The molecule has 206 valence electrons. The maximum atomic E-state index is 13.6. The van der Waals surface area contributed by atoms with E-state index >= 15 is 0 Å². The number of hydrogen-bond donors (Lipinski definition) is 1. The third kappa shape index (κ3) is 7.49. The molecule has 1 aliphatic heterocycles. The van der Waals surface area contributed by atoms with Gasteiger partial charge in [-0.2, -0.15) is 0 Å². The van der Waals surface area contributed by atoms with Gasteiger partial charge in [0.2, 0.25) is 0 Å². The molecule has 1 heterocycles. The van der Waals surface area contributed by atoms with E-state index in [1.165, 1.54) is 0 Å². The summed E-state index contributed by atoms with van der Waals surface area (Å²) in [6.45, 7) is 2.02. The zero-order chi connectivity index (χ0) is 27.8. The van der Waals surface area contributed by atoms with Crippen LogP contribution in [0.2, 0.25) is 0 Å². The van der Waals surface area contributed by atoms with Gasteiger partial charge in [-0.25, -0.2) is 0 Å². The van der Waals surface area contributed by atoms with Crippen LogP contribution in [0.4, 0.5) is 4.79 Å². The van der Waals surface area contributed by atoms with Crippen LogP contribution in [0.5, 0.6) is 5.75 Å². The van der Waals surface area contributed by atoms with Crippen LogP contribution in [-0.4, -0.2) is 70.0 Å². The molecular weight excluding hydrogens is 561 g/mol. The van der Waals surface area contributed by atoms with Crippen molar-refractivity contribution in [1.82, 2.24) is 4.90 Å². The monoisotopic (exact) mass is 597 g/mol. The Morgan fingerprint density at radius 3 is 2.31 bits per heavy atom. The van der Waals surface area contributed by atoms with Crippen molar-refractivity contribution in [3.63, 3.8) is 0 Å². The van der Waals surface area contributed by atoms with E-state index in [2.05, 4.69) is 16.0 Å². The van der Waals surface area contributed by atoms with Crippen molar-refractivity contribution >= 4 is 28.0 Å². The number of hydrogen-bond acceptors (Lipinski definition) is 6. The zero-order valence-corrected chi connectivity index (χ0v) is 24.1. The molecule has 1 saturated heterocycles. The Hall–Kier alpha value is -3.16. The van der Waals surface area contributed by atoms with Gasteiger partial charge in [0.15, 0.2) is 0 Å². The summed E-state index contributed by atoms with van der Waals surface area (Å²) in [4.78, 5) is 27.4. The summed E-state index contributed by atoms with van der Waals surface area (Å²) in [7, 11) is 1.61. The van der Waals surface area contributed by atoms with Crippen LogP contribution >= 0.6 is 0 Å². The molecule has 1 fully saturated rings. The van der Waals surface area contributed by atoms with E-state index in [1.807, 2.05) is 84.9 Å². The summed E-state index contributed by atoms with van der Waals surface area (Å²) in [6.07, 6.45) is -1.52. The van der Waals surface area contributed by atoms with E-state index in [0.717, 1.165) is 27.3 Å². The molecule has 0 spiro atoms. The molecule has 3 aromatic carbocycles. The molecule has 5 atom stereocenters. The molecule has 2 amide bonds. The molecule has 1 aliphatic rings. The van der Waals surface area contributed by atoms with E-state index in [-0.39, 0.29) is 18.0 Å². The second-order valence-corrected chi connectivity index (χ2v) is 11.1. The molecule has 7 nitrogen and oxygen atoms in total. The van der Waals surface area contributed by atoms with Crippen LogP contribution in [-0.2, 0) is 27.3 Å². The van der Waals surface area contributed by atoms with Crippen LogP contribution < -0.4 is 4.74 Å². The first-order valence-corrected chi connectivity index (χ1v) is 14.1. The van der Waals surface area contributed by atoms with Gasteiger partial charge in [0.1, 0.15) is 0 Å². The minimum absolute atomic E-state index is 0.0131. The number of benzene rings is 3. The van der Waals surface area contributed by atoms with E-state index in [9.17, 15) is 14.7 Å². The Morgan fingerprint density at radius 2 is 1.67 bits per heavy atom. The number of ether oxygens (including phenoxy) is 3. The molecule has 8 heteroatoms. The first-order valence-electron chi connectivity index (χ1n) is 13.1. The van der Waals surface area contributed by atoms with Crippen LogP contribution in [0.25, 0.3) is 0 Å². The van der Waals surface area contributed by atoms with Gasteiger partial charge in [-0.1, -0.05) is 6.07 Å². The second kappa shape index (κ2) is 13.8. The summed E-state index contributed by atoms with van der Waals surface area (Å²) < 4.78 is 16.7. The van der Waals surface area contributed by atoms with E-state index in [1.54, 1.807) is 14.0 Å². The van der Waals surface area contributed by atoms with Crippen molar-refractivity contribution in [3.05, 3.63) is 102 Å². The fraction of sp³-hybridized carbons (Fsp3) is 0.355. The average Bonchev–Trinajstić information content (AvgIpc) is 3.34. The number of imide groups is 1. The van der Waals surface area contributed by atoms with Gasteiger partial charge in [-0.05, 0) is 0 Å². The zero-order valence-electron chi connectivity index (χ0n) is 22.2. The van der Waals surface area contributed by atoms with Crippen molar-refractivity contribution in [3.8, 4) is 5.75 Å². The SMILES string of the molecule is COc1ccc(CO[C@H](CC([SeH])c2ccccc2)[C@@H](O)[C@H](C)C(=O)N2C(=O)OC[C@H]2Cc2ccccc2)cc1. The summed E-state index contributed by atoms with van der Waals surface area (Å²) in [5, 5.41) is 11.5. The van der Waals surface area contributed by atoms with E-state index in [4.69, 9.17) is 14.2 Å². The first-order chi connectivity index (χ1) is 18.9. The molecule has 0 radical (unpaired) electrons. The van der Waals surface area contributed by atoms with Gasteiger partial charge in [0.25, 0.3) is 0 Å². The normalized spacial score (nSPS) is 18.2. The Labute approximate surface area is 237 Å². The second-order valence-electron chi connectivity index (χ2n) is 9.77. The van der Waals surface area contributed by atoms with E-state index in [0.29, 0.717) is 12.8 Å². The number of carbonyl (C=O) groups excluding carboxylic acids is 2. The fourth-order valence-electron chi connectivity index (χ4n) is 4.72. The van der Waals surface area contributed by atoms with Gasteiger partial charge >= 0.3 is 232 Å². The number of aliphatic hydroxyl groups excluding tert-OH is 1. The van der Waals surface area contributed by atoms with E-state index < -0.39 is 36.2 Å².